The highest BCUT2D eigenvalue weighted by Gasteiger charge is 2.40. The molecule has 1 aromatic rings. The number of halogens is 2. The van der Waals surface area contributed by atoms with Gasteiger partial charge in [0.05, 0.1) is 5.60 Å². The highest BCUT2D eigenvalue weighted by Crippen LogP contribution is 2.44. The molecule has 2 atom stereocenters. The molecule has 0 saturated heterocycles. The zero-order valence-electron chi connectivity index (χ0n) is 14.9. The lowest BCUT2D eigenvalue weighted by atomic mass is 9.70. The van der Waals surface area contributed by atoms with E-state index in [0.29, 0.717) is 5.56 Å². The molecule has 5 heteroatoms. The van der Waals surface area contributed by atoms with Crippen LogP contribution in [0.5, 0.6) is 0 Å². The number of benzene rings is 1. The van der Waals surface area contributed by atoms with Crippen LogP contribution in [-0.2, 0) is 0 Å². The summed E-state index contributed by atoms with van der Waals surface area (Å²) in [5, 5.41) is 11.2. The first-order chi connectivity index (χ1) is 10.6. The maximum absolute atomic E-state index is 14.2. The van der Waals surface area contributed by atoms with Crippen LogP contribution in [0.2, 0.25) is 0 Å². The zero-order valence-corrected chi connectivity index (χ0v) is 15.7. The smallest absolute Gasteiger partial charge is 0.126 e. The topological polar surface area (TPSA) is 55.0 Å². The molecular weight excluding hydrogens is 329 g/mol. The van der Waals surface area contributed by atoms with Crippen LogP contribution in [-0.4, -0.2) is 40.7 Å². The van der Waals surface area contributed by atoms with Crippen LogP contribution in [0.1, 0.15) is 63.9 Å². The Kier molecular flexibility index (Phi) is 10.7. The van der Waals surface area contributed by atoms with E-state index in [1.165, 1.54) is 6.07 Å². The Morgan fingerprint density at radius 2 is 1.88 bits per heavy atom. The van der Waals surface area contributed by atoms with Crippen LogP contribution < -0.4 is 0 Å². The second kappa shape index (κ2) is 11.0. The van der Waals surface area contributed by atoms with Gasteiger partial charge >= 0.3 is 0 Å². The molecule has 0 spiro atoms. The minimum atomic E-state index is -0.742. The maximum atomic E-state index is 14.2. The number of rotatable bonds is 7. The van der Waals surface area contributed by atoms with Crippen LogP contribution in [0.15, 0.2) is 24.3 Å². The average Bonchev–Trinajstić information content (AvgIpc) is 2.53. The summed E-state index contributed by atoms with van der Waals surface area (Å²) in [4.78, 5) is 2.38. The minimum Gasteiger partial charge on any atom is -0.412 e. The molecule has 24 heavy (non-hydrogen) atoms. The molecular formula is C19H33ClFNO2. The minimum absolute atomic E-state index is 0. The first-order valence-electron chi connectivity index (χ1n) is 8.80. The average molecular weight is 362 g/mol. The van der Waals surface area contributed by atoms with Gasteiger partial charge in [-0.1, -0.05) is 44.9 Å². The molecule has 0 bridgehead atoms. The van der Waals surface area contributed by atoms with Crippen molar-refractivity contribution in [1.29, 1.82) is 0 Å². The molecule has 1 saturated carbocycles. The van der Waals surface area contributed by atoms with E-state index in [-0.39, 0.29) is 29.6 Å². The third-order valence-corrected chi connectivity index (χ3v) is 5.26. The molecule has 3 nitrogen and oxygen atoms in total. The van der Waals surface area contributed by atoms with Gasteiger partial charge in [-0.3, -0.25) is 0 Å². The summed E-state index contributed by atoms with van der Waals surface area (Å²) in [6, 6.07) is 6.96. The summed E-state index contributed by atoms with van der Waals surface area (Å²) in [6.45, 7) is 7.44. The summed E-state index contributed by atoms with van der Waals surface area (Å²) in [5.74, 6) is -0.226. The first-order valence-corrected chi connectivity index (χ1v) is 8.80. The van der Waals surface area contributed by atoms with E-state index < -0.39 is 5.60 Å². The fourth-order valence-electron chi connectivity index (χ4n) is 3.87. The molecule has 2 unspecified atom stereocenters. The predicted octanol–water partition coefficient (Wildman–Crippen LogP) is 3.93. The van der Waals surface area contributed by atoms with Crippen molar-refractivity contribution in [2.45, 2.75) is 63.9 Å². The van der Waals surface area contributed by atoms with Gasteiger partial charge in [0.2, 0.25) is 0 Å². The fraction of sp³-hybridized carbons (Fsp3) is 0.684. The molecule has 2 rings (SSSR count). The second-order valence-corrected chi connectivity index (χ2v) is 6.55. The molecule has 1 aromatic carbocycles. The monoisotopic (exact) mass is 361 g/mol. The number of hydrogen-bond acceptors (Lipinski definition) is 2. The lowest BCUT2D eigenvalue weighted by Gasteiger charge is -2.41. The Balaban J connectivity index is 0.00000264. The third-order valence-electron chi connectivity index (χ3n) is 5.26. The number of aliphatic hydroxyl groups is 1. The van der Waals surface area contributed by atoms with E-state index in [2.05, 4.69) is 18.7 Å². The van der Waals surface area contributed by atoms with Gasteiger partial charge in [-0.25, -0.2) is 4.39 Å². The lowest BCUT2D eigenvalue weighted by Crippen LogP contribution is -2.40. The summed E-state index contributed by atoms with van der Waals surface area (Å²) in [6.07, 6.45) is 5.56. The quantitative estimate of drug-likeness (QED) is 0.799. The molecule has 0 radical (unpaired) electrons. The van der Waals surface area contributed by atoms with Gasteiger partial charge in [-0.05, 0) is 56.9 Å². The largest absolute Gasteiger partial charge is 0.412 e. The van der Waals surface area contributed by atoms with Crippen molar-refractivity contribution >= 4 is 12.4 Å². The summed E-state index contributed by atoms with van der Waals surface area (Å²) >= 11 is 0. The summed E-state index contributed by atoms with van der Waals surface area (Å²) in [7, 11) is 0. The Hall–Kier alpha value is -0.680. The summed E-state index contributed by atoms with van der Waals surface area (Å²) in [5.41, 5.74) is -0.0410. The normalized spacial score (nSPS) is 23.5. The molecule has 1 aliphatic carbocycles. The Bertz CT molecular complexity index is 470. The van der Waals surface area contributed by atoms with E-state index in [0.717, 1.165) is 58.2 Å². The number of nitrogens with zero attached hydrogens (tertiary/aromatic N) is 1. The molecule has 0 amide bonds. The van der Waals surface area contributed by atoms with Gasteiger partial charge in [0, 0.05) is 5.92 Å². The van der Waals surface area contributed by atoms with E-state index in [9.17, 15) is 9.50 Å². The van der Waals surface area contributed by atoms with Crippen molar-refractivity contribution in [1.82, 2.24) is 4.90 Å². The van der Waals surface area contributed by atoms with Gasteiger partial charge in [0.15, 0.2) is 0 Å². The molecule has 1 fully saturated rings. The van der Waals surface area contributed by atoms with Crippen LogP contribution in [0.25, 0.3) is 0 Å². The molecule has 1 aliphatic rings. The molecule has 0 aliphatic heterocycles. The second-order valence-electron chi connectivity index (χ2n) is 6.55. The van der Waals surface area contributed by atoms with Gasteiger partial charge in [-0.2, -0.15) is 0 Å². The van der Waals surface area contributed by atoms with Gasteiger partial charge in [0.1, 0.15) is 5.82 Å². The van der Waals surface area contributed by atoms with Crippen molar-refractivity contribution in [2.75, 3.05) is 19.6 Å². The highest BCUT2D eigenvalue weighted by molar-refractivity contribution is 5.85. The Morgan fingerprint density at radius 1 is 1.21 bits per heavy atom. The highest BCUT2D eigenvalue weighted by atomic mass is 35.5. The molecule has 140 valence electrons. The van der Waals surface area contributed by atoms with Crippen molar-refractivity contribution in [3.63, 3.8) is 0 Å². The van der Waals surface area contributed by atoms with Crippen LogP contribution in [0.3, 0.4) is 0 Å². The van der Waals surface area contributed by atoms with Crippen LogP contribution >= 0.6 is 12.4 Å². The van der Waals surface area contributed by atoms with E-state index in [1.807, 2.05) is 12.1 Å². The van der Waals surface area contributed by atoms with Gasteiger partial charge in [-0.15, -0.1) is 12.4 Å². The summed E-state index contributed by atoms with van der Waals surface area (Å²) < 4.78 is 14.2. The Labute approximate surface area is 152 Å². The SMILES string of the molecule is CCN(CC)CCCC1(O)CCCCC1c1ccccc1F.Cl.O. The van der Waals surface area contributed by atoms with Crippen molar-refractivity contribution < 1.29 is 15.0 Å². The third kappa shape index (κ3) is 5.69. The maximum Gasteiger partial charge on any atom is 0.126 e. The zero-order chi connectivity index (χ0) is 16.0. The van der Waals surface area contributed by atoms with Crippen molar-refractivity contribution in [3.8, 4) is 0 Å². The van der Waals surface area contributed by atoms with Gasteiger partial charge in [0.25, 0.3) is 0 Å². The number of hydrogen-bond donors (Lipinski definition) is 1. The molecule has 0 heterocycles. The van der Waals surface area contributed by atoms with E-state index >= 15 is 0 Å². The Morgan fingerprint density at radius 3 is 2.50 bits per heavy atom. The van der Waals surface area contributed by atoms with Crippen molar-refractivity contribution in [2.24, 2.45) is 0 Å². The standard InChI is InChI=1S/C19H30FNO.ClH.H2O/c1-3-21(4-2)15-9-14-19(22)13-8-7-11-17(19)16-10-5-6-12-18(16)20;;/h5-6,10,12,17,22H,3-4,7-9,11,13-15H2,1-2H3;1H;1H2. The molecule has 0 aromatic heterocycles. The molecule has 3 N–H and O–H groups in total. The van der Waals surface area contributed by atoms with Crippen molar-refractivity contribution in [3.05, 3.63) is 35.6 Å². The fourth-order valence-corrected chi connectivity index (χ4v) is 3.87. The van der Waals surface area contributed by atoms with E-state index in [4.69, 9.17) is 0 Å². The van der Waals surface area contributed by atoms with Gasteiger partial charge < -0.3 is 15.5 Å². The lowest BCUT2D eigenvalue weighted by molar-refractivity contribution is -0.0284. The first kappa shape index (κ1) is 23.3. The van der Waals surface area contributed by atoms with Crippen LogP contribution in [0.4, 0.5) is 4.39 Å². The van der Waals surface area contributed by atoms with Crippen LogP contribution in [0, 0.1) is 5.82 Å². The van der Waals surface area contributed by atoms with E-state index in [1.54, 1.807) is 6.07 Å². The predicted molar refractivity (Wildman–Crippen MR) is 100 cm³/mol.